The fourth-order valence-electron chi connectivity index (χ4n) is 1.76. The third kappa shape index (κ3) is 3.37. The molecular weight excluding hydrogens is 238 g/mol. The van der Waals surface area contributed by atoms with Crippen molar-refractivity contribution in [3.05, 3.63) is 28.3 Å². The van der Waals surface area contributed by atoms with Gasteiger partial charge < -0.3 is 10.1 Å². The minimum absolute atomic E-state index is 0.0544. The molecule has 0 unspecified atom stereocenters. The van der Waals surface area contributed by atoms with Crippen LogP contribution in [0, 0.1) is 13.8 Å². The molecule has 1 N–H and O–H groups in total. The monoisotopic (exact) mass is 253 g/mol. The van der Waals surface area contributed by atoms with Crippen LogP contribution >= 0.6 is 11.6 Å². The Morgan fingerprint density at radius 1 is 1.41 bits per heavy atom. The van der Waals surface area contributed by atoms with Crippen LogP contribution in [0.2, 0.25) is 5.02 Å². The van der Waals surface area contributed by atoms with Crippen LogP contribution in [0.1, 0.15) is 24.0 Å². The predicted octanol–water partition coefficient (Wildman–Crippen LogP) is 2.61. The molecule has 1 aliphatic rings. The van der Waals surface area contributed by atoms with Gasteiger partial charge in [-0.25, -0.2) is 0 Å². The summed E-state index contributed by atoms with van der Waals surface area (Å²) < 4.78 is 5.54. The van der Waals surface area contributed by atoms with Crippen LogP contribution in [0.25, 0.3) is 0 Å². The van der Waals surface area contributed by atoms with Gasteiger partial charge in [0.25, 0.3) is 5.91 Å². The molecule has 0 spiro atoms. The van der Waals surface area contributed by atoms with E-state index >= 15 is 0 Å². The first-order valence-corrected chi connectivity index (χ1v) is 6.13. The summed E-state index contributed by atoms with van der Waals surface area (Å²) in [5.41, 5.74) is 1.91. The molecule has 4 heteroatoms. The maximum Gasteiger partial charge on any atom is 0.258 e. The van der Waals surface area contributed by atoms with Crippen molar-refractivity contribution in [2.45, 2.75) is 32.7 Å². The van der Waals surface area contributed by atoms with Crippen molar-refractivity contribution in [2.75, 3.05) is 6.61 Å². The SMILES string of the molecule is Cc1cc(Cl)cc(C)c1OCC(=O)NC1CC1. The number of hydrogen-bond acceptors (Lipinski definition) is 2. The second-order valence-corrected chi connectivity index (χ2v) is 4.94. The first kappa shape index (κ1) is 12.2. The number of rotatable bonds is 4. The topological polar surface area (TPSA) is 38.3 Å². The summed E-state index contributed by atoms with van der Waals surface area (Å²) >= 11 is 5.93. The summed E-state index contributed by atoms with van der Waals surface area (Å²) in [6.45, 7) is 3.92. The van der Waals surface area contributed by atoms with Gasteiger partial charge in [0.05, 0.1) is 0 Å². The molecule has 1 amide bonds. The Kier molecular flexibility index (Phi) is 3.57. The maximum atomic E-state index is 11.5. The maximum absolute atomic E-state index is 11.5. The standard InChI is InChI=1S/C13H16ClNO2/c1-8-5-10(14)6-9(2)13(8)17-7-12(16)15-11-3-4-11/h5-6,11H,3-4,7H2,1-2H3,(H,15,16). The van der Waals surface area contributed by atoms with Gasteiger partial charge in [0, 0.05) is 11.1 Å². The summed E-state index contributed by atoms with van der Waals surface area (Å²) in [6.07, 6.45) is 2.18. The number of halogens is 1. The number of ether oxygens (including phenoxy) is 1. The largest absolute Gasteiger partial charge is 0.483 e. The third-order valence-corrected chi connectivity index (χ3v) is 2.93. The average molecular weight is 254 g/mol. The Morgan fingerprint density at radius 3 is 2.53 bits per heavy atom. The minimum Gasteiger partial charge on any atom is -0.483 e. The van der Waals surface area contributed by atoms with E-state index in [1.165, 1.54) is 0 Å². The van der Waals surface area contributed by atoms with E-state index in [9.17, 15) is 4.79 Å². The number of benzene rings is 1. The molecule has 92 valence electrons. The molecule has 0 aromatic heterocycles. The van der Waals surface area contributed by atoms with E-state index in [0.717, 1.165) is 29.7 Å². The summed E-state index contributed by atoms with van der Waals surface area (Å²) in [7, 11) is 0. The van der Waals surface area contributed by atoms with Crippen molar-refractivity contribution in [1.82, 2.24) is 5.32 Å². The van der Waals surface area contributed by atoms with Crippen molar-refractivity contribution in [2.24, 2.45) is 0 Å². The first-order valence-electron chi connectivity index (χ1n) is 5.75. The number of carbonyl (C=O) groups is 1. The highest BCUT2D eigenvalue weighted by atomic mass is 35.5. The van der Waals surface area contributed by atoms with Crippen molar-refractivity contribution in [1.29, 1.82) is 0 Å². The molecule has 1 aromatic carbocycles. The Labute approximate surface area is 106 Å². The molecule has 0 heterocycles. The van der Waals surface area contributed by atoms with Crippen LogP contribution in [0.4, 0.5) is 0 Å². The van der Waals surface area contributed by atoms with Gasteiger partial charge in [0.1, 0.15) is 5.75 Å². The number of amides is 1. The van der Waals surface area contributed by atoms with Crippen LogP contribution in [-0.2, 0) is 4.79 Å². The fourth-order valence-corrected chi connectivity index (χ4v) is 2.09. The molecule has 17 heavy (non-hydrogen) atoms. The highest BCUT2D eigenvalue weighted by Gasteiger charge is 2.23. The van der Waals surface area contributed by atoms with Crippen molar-refractivity contribution in [3.8, 4) is 5.75 Å². The van der Waals surface area contributed by atoms with E-state index in [4.69, 9.17) is 16.3 Å². The molecule has 0 saturated heterocycles. The summed E-state index contributed by atoms with van der Waals surface area (Å²) in [5, 5.41) is 3.57. The van der Waals surface area contributed by atoms with E-state index in [1.54, 1.807) is 0 Å². The number of aryl methyl sites for hydroxylation is 2. The number of nitrogens with one attached hydrogen (secondary N) is 1. The van der Waals surface area contributed by atoms with Gasteiger partial charge in [-0.15, -0.1) is 0 Å². The lowest BCUT2D eigenvalue weighted by Gasteiger charge is -2.12. The molecule has 3 nitrogen and oxygen atoms in total. The van der Waals surface area contributed by atoms with Gasteiger partial charge in [-0.05, 0) is 49.9 Å². The van der Waals surface area contributed by atoms with Crippen LogP contribution in [0.3, 0.4) is 0 Å². The van der Waals surface area contributed by atoms with Crippen molar-refractivity contribution >= 4 is 17.5 Å². The van der Waals surface area contributed by atoms with Gasteiger partial charge in [-0.3, -0.25) is 4.79 Å². The predicted molar refractivity (Wildman–Crippen MR) is 67.6 cm³/mol. The molecule has 0 bridgehead atoms. The van der Waals surface area contributed by atoms with Gasteiger partial charge >= 0.3 is 0 Å². The summed E-state index contributed by atoms with van der Waals surface area (Å²) in [4.78, 5) is 11.5. The highest BCUT2D eigenvalue weighted by molar-refractivity contribution is 6.30. The Balaban J connectivity index is 1.95. The molecule has 1 fully saturated rings. The minimum atomic E-state index is -0.0544. The Hall–Kier alpha value is -1.22. The lowest BCUT2D eigenvalue weighted by molar-refractivity contribution is -0.123. The molecule has 0 aliphatic heterocycles. The summed E-state index contributed by atoms with van der Waals surface area (Å²) in [5.74, 6) is 0.696. The molecule has 0 atom stereocenters. The molecule has 1 aromatic rings. The first-order chi connectivity index (χ1) is 8.06. The number of hydrogen-bond donors (Lipinski definition) is 1. The molecule has 1 aliphatic carbocycles. The summed E-state index contributed by atoms with van der Waals surface area (Å²) in [6, 6.07) is 4.05. The normalized spacial score (nSPS) is 14.5. The van der Waals surface area contributed by atoms with Gasteiger partial charge in [-0.1, -0.05) is 11.6 Å². The van der Waals surface area contributed by atoms with Crippen molar-refractivity contribution in [3.63, 3.8) is 0 Å². The second kappa shape index (κ2) is 4.96. The van der Waals surface area contributed by atoms with Crippen LogP contribution < -0.4 is 10.1 Å². The van der Waals surface area contributed by atoms with Crippen LogP contribution in [0.5, 0.6) is 5.75 Å². The molecule has 2 rings (SSSR count). The molecule has 1 saturated carbocycles. The quantitative estimate of drug-likeness (QED) is 0.896. The van der Waals surface area contributed by atoms with Gasteiger partial charge in [-0.2, -0.15) is 0 Å². The van der Waals surface area contributed by atoms with Crippen molar-refractivity contribution < 1.29 is 9.53 Å². The average Bonchev–Trinajstić information content (AvgIpc) is 2.99. The van der Waals surface area contributed by atoms with Crippen LogP contribution in [-0.4, -0.2) is 18.6 Å². The van der Waals surface area contributed by atoms with E-state index in [-0.39, 0.29) is 12.5 Å². The van der Waals surface area contributed by atoms with E-state index < -0.39 is 0 Å². The highest BCUT2D eigenvalue weighted by Crippen LogP contribution is 2.27. The van der Waals surface area contributed by atoms with Gasteiger partial charge in [0.15, 0.2) is 6.61 Å². The Morgan fingerprint density at radius 2 is 2.00 bits per heavy atom. The zero-order chi connectivity index (χ0) is 12.4. The zero-order valence-corrected chi connectivity index (χ0v) is 10.8. The fraction of sp³-hybridized carbons (Fsp3) is 0.462. The number of carbonyl (C=O) groups excluding carboxylic acids is 1. The molecule has 0 radical (unpaired) electrons. The lowest BCUT2D eigenvalue weighted by Crippen LogP contribution is -2.30. The van der Waals surface area contributed by atoms with E-state index in [1.807, 2.05) is 26.0 Å². The second-order valence-electron chi connectivity index (χ2n) is 4.50. The Bertz CT molecular complexity index is 418. The lowest BCUT2D eigenvalue weighted by atomic mass is 10.1. The van der Waals surface area contributed by atoms with Crippen LogP contribution in [0.15, 0.2) is 12.1 Å². The van der Waals surface area contributed by atoms with E-state index in [0.29, 0.717) is 11.1 Å². The zero-order valence-electron chi connectivity index (χ0n) is 10.0. The third-order valence-electron chi connectivity index (χ3n) is 2.72. The van der Waals surface area contributed by atoms with Gasteiger partial charge in [0.2, 0.25) is 0 Å². The van der Waals surface area contributed by atoms with E-state index in [2.05, 4.69) is 5.32 Å². The smallest absolute Gasteiger partial charge is 0.258 e. The molecular formula is C13H16ClNO2.